The lowest BCUT2D eigenvalue weighted by Gasteiger charge is -2.02. The molecule has 0 aliphatic carbocycles. The van der Waals surface area contributed by atoms with Gasteiger partial charge >= 0.3 is 0 Å². The molecule has 0 radical (unpaired) electrons. The van der Waals surface area contributed by atoms with Gasteiger partial charge in [-0.25, -0.2) is 9.50 Å². The van der Waals surface area contributed by atoms with Crippen molar-refractivity contribution in [3.8, 4) is 11.5 Å². The first-order valence-electron chi connectivity index (χ1n) is 6.83. The van der Waals surface area contributed by atoms with Crippen molar-refractivity contribution in [2.75, 3.05) is 5.32 Å². The molecule has 0 atom stereocenters. The molecule has 4 aromatic rings. The Bertz CT molecular complexity index is 984. The van der Waals surface area contributed by atoms with Gasteiger partial charge in [0.05, 0.1) is 30.0 Å². The Morgan fingerprint density at radius 1 is 1.30 bits per heavy atom. The van der Waals surface area contributed by atoms with E-state index < -0.39 is 5.91 Å². The molecule has 23 heavy (non-hydrogen) atoms. The van der Waals surface area contributed by atoms with Crippen LogP contribution in [-0.2, 0) is 0 Å². The van der Waals surface area contributed by atoms with E-state index in [0.29, 0.717) is 22.9 Å². The lowest BCUT2D eigenvalue weighted by Crippen LogP contribution is -2.13. The summed E-state index contributed by atoms with van der Waals surface area (Å²) in [6.45, 7) is 1.87. The lowest BCUT2D eigenvalue weighted by molar-refractivity contribution is 0.101. The molecule has 0 fully saturated rings. The second-order valence-corrected chi connectivity index (χ2v) is 4.94. The zero-order chi connectivity index (χ0) is 15.8. The molecule has 0 saturated carbocycles. The summed E-state index contributed by atoms with van der Waals surface area (Å²) in [5, 5.41) is 10.7. The second kappa shape index (κ2) is 5.09. The quantitative estimate of drug-likeness (QED) is 0.624. The minimum absolute atomic E-state index is 0.146. The van der Waals surface area contributed by atoms with Gasteiger partial charge in [-0.05, 0) is 19.1 Å². The van der Waals surface area contributed by atoms with Gasteiger partial charge in [0.25, 0.3) is 5.91 Å². The van der Waals surface area contributed by atoms with Crippen LogP contribution in [0.15, 0.2) is 51.9 Å². The first-order valence-corrected chi connectivity index (χ1v) is 6.83. The molecule has 4 heterocycles. The molecule has 0 aliphatic rings. The summed E-state index contributed by atoms with van der Waals surface area (Å²) < 4.78 is 11.9. The number of anilines is 1. The van der Waals surface area contributed by atoms with Crippen molar-refractivity contribution < 1.29 is 13.7 Å². The number of aryl methyl sites for hydroxylation is 1. The maximum Gasteiger partial charge on any atom is 0.277 e. The van der Waals surface area contributed by atoms with Crippen LogP contribution in [0.1, 0.15) is 16.2 Å². The second-order valence-electron chi connectivity index (χ2n) is 4.94. The van der Waals surface area contributed by atoms with Crippen LogP contribution in [0.5, 0.6) is 0 Å². The summed E-state index contributed by atoms with van der Waals surface area (Å²) in [5.41, 5.74) is 2.21. The summed E-state index contributed by atoms with van der Waals surface area (Å²) in [5.74, 6) is 0.486. The summed E-state index contributed by atoms with van der Waals surface area (Å²) in [6.07, 6.45) is 4.76. The van der Waals surface area contributed by atoms with Crippen LogP contribution in [0.2, 0.25) is 0 Å². The summed E-state index contributed by atoms with van der Waals surface area (Å²) in [7, 11) is 0. The first-order chi connectivity index (χ1) is 11.2. The van der Waals surface area contributed by atoms with E-state index in [1.807, 2.05) is 13.0 Å². The number of hydrogen-bond donors (Lipinski definition) is 1. The monoisotopic (exact) mass is 309 g/mol. The molecule has 114 valence electrons. The maximum absolute atomic E-state index is 12.2. The van der Waals surface area contributed by atoms with E-state index in [4.69, 9.17) is 8.94 Å². The van der Waals surface area contributed by atoms with Crippen LogP contribution >= 0.6 is 0 Å². The van der Waals surface area contributed by atoms with E-state index in [9.17, 15) is 4.79 Å². The predicted octanol–water partition coefficient (Wildman–Crippen LogP) is 2.54. The molecule has 8 heteroatoms. The highest BCUT2D eigenvalue weighted by molar-refractivity contribution is 6.03. The van der Waals surface area contributed by atoms with Crippen molar-refractivity contribution in [1.82, 2.24) is 19.8 Å². The zero-order valence-corrected chi connectivity index (χ0v) is 12.1. The fraction of sp³-hybridized carbons (Fsp3) is 0.0667. The number of carbonyl (C=O) groups is 1. The third-order valence-electron chi connectivity index (χ3n) is 3.20. The molecule has 0 saturated heterocycles. The van der Waals surface area contributed by atoms with Gasteiger partial charge in [0.1, 0.15) is 0 Å². The number of aromatic nitrogens is 4. The minimum Gasteiger partial charge on any atom is -0.461 e. The van der Waals surface area contributed by atoms with Crippen molar-refractivity contribution in [3.63, 3.8) is 0 Å². The van der Waals surface area contributed by atoms with Crippen molar-refractivity contribution >= 4 is 17.2 Å². The van der Waals surface area contributed by atoms with Gasteiger partial charge in [-0.2, -0.15) is 5.10 Å². The molecule has 8 nitrogen and oxygen atoms in total. The Kier molecular flexibility index (Phi) is 2.94. The Hall–Kier alpha value is -3.42. The molecule has 0 spiro atoms. The maximum atomic E-state index is 12.2. The molecule has 0 bridgehead atoms. The third-order valence-corrected chi connectivity index (χ3v) is 3.20. The van der Waals surface area contributed by atoms with E-state index in [0.717, 1.165) is 5.69 Å². The van der Waals surface area contributed by atoms with Gasteiger partial charge in [0, 0.05) is 12.1 Å². The largest absolute Gasteiger partial charge is 0.461 e. The number of nitrogens with one attached hydrogen (secondary N) is 1. The fourth-order valence-electron chi connectivity index (χ4n) is 2.17. The molecule has 1 N–H and O–H groups in total. The van der Waals surface area contributed by atoms with Gasteiger partial charge in [-0.15, -0.1) is 0 Å². The first kappa shape index (κ1) is 13.3. The average Bonchev–Trinajstić information content (AvgIpc) is 3.26. The van der Waals surface area contributed by atoms with Crippen molar-refractivity contribution in [2.45, 2.75) is 6.92 Å². The normalized spacial score (nSPS) is 11.0. The fourth-order valence-corrected chi connectivity index (χ4v) is 2.17. The van der Waals surface area contributed by atoms with Crippen LogP contribution in [0, 0.1) is 6.92 Å². The third kappa shape index (κ3) is 2.46. The topological polar surface area (TPSA) is 98.5 Å². The summed E-state index contributed by atoms with van der Waals surface area (Å²) in [4.78, 5) is 16.4. The van der Waals surface area contributed by atoms with Gasteiger partial charge < -0.3 is 14.3 Å². The van der Waals surface area contributed by atoms with Crippen LogP contribution in [0.4, 0.5) is 5.69 Å². The van der Waals surface area contributed by atoms with Crippen molar-refractivity contribution in [1.29, 1.82) is 0 Å². The number of fused-ring (bicyclic) bond motifs is 1. The van der Waals surface area contributed by atoms with Crippen molar-refractivity contribution in [3.05, 3.63) is 54.3 Å². The highest BCUT2D eigenvalue weighted by atomic mass is 16.5. The SMILES string of the molecule is Cc1cc2ncc(NC(=O)c3cc(-c4ccco4)on3)cn2n1. The van der Waals surface area contributed by atoms with Gasteiger partial charge in [-0.3, -0.25) is 4.79 Å². The molecule has 4 rings (SSSR count). The molecular formula is C15H11N5O3. The summed E-state index contributed by atoms with van der Waals surface area (Å²) >= 11 is 0. The predicted molar refractivity (Wildman–Crippen MR) is 79.9 cm³/mol. The van der Waals surface area contributed by atoms with Crippen LogP contribution < -0.4 is 5.32 Å². The van der Waals surface area contributed by atoms with E-state index >= 15 is 0 Å². The molecule has 0 aliphatic heterocycles. The minimum atomic E-state index is -0.406. The van der Waals surface area contributed by atoms with Crippen LogP contribution in [0.25, 0.3) is 17.2 Å². The molecule has 4 aromatic heterocycles. The average molecular weight is 309 g/mol. The smallest absolute Gasteiger partial charge is 0.277 e. The number of carbonyl (C=O) groups excluding carboxylic acids is 1. The Labute approximate surface area is 129 Å². The highest BCUT2D eigenvalue weighted by Gasteiger charge is 2.15. The Morgan fingerprint density at radius 2 is 2.22 bits per heavy atom. The van der Waals surface area contributed by atoms with E-state index in [1.165, 1.54) is 12.3 Å². The number of nitrogens with zero attached hydrogens (tertiary/aromatic N) is 4. The molecule has 1 amide bonds. The highest BCUT2D eigenvalue weighted by Crippen LogP contribution is 2.21. The van der Waals surface area contributed by atoms with Gasteiger partial charge in [0.2, 0.25) is 5.76 Å². The number of furan rings is 1. The number of amides is 1. The van der Waals surface area contributed by atoms with Crippen LogP contribution in [-0.4, -0.2) is 25.7 Å². The Balaban J connectivity index is 1.56. The number of hydrogen-bond acceptors (Lipinski definition) is 6. The standard InChI is InChI=1S/C15H11N5O3/c1-9-5-14-16-7-10(8-20(14)18-9)17-15(21)11-6-13(23-19-11)12-3-2-4-22-12/h2-8H,1H3,(H,17,21). The summed E-state index contributed by atoms with van der Waals surface area (Å²) in [6, 6.07) is 6.81. The molecule has 0 aromatic carbocycles. The van der Waals surface area contributed by atoms with E-state index in [2.05, 4.69) is 20.6 Å². The van der Waals surface area contributed by atoms with E-state index in [-0.39, 0.29) is 5.69 Å². The van der Waals surface area contributed by atoms with Gasteiger partial charge in [0.15, 0.2) is 17.1 Å². The van der Waals surface area contributed by atoms with Gasteiger partial charge in [-0.1, -0.05) is 5.16 Å². The lowest BCUT2D eigenvalue weighted by atomic mass is 10.3. The number of rotatable bonds is 3. The molecule has 0 unspecified atom stereocenters. The molecular weight excluding hydrogens is 298 g/mol. The van der Waals surface area contributed by atoms with Crippen molar-refractivity contribution in [2.24, 2.45) is 0 Å². The Morgan fingerprint density at radius 3 is 3.04 bits per heavy atom. The van der Waals surface area contributed by atoms with Crippen LogP contribution in [0.3, 0.4) is 0 Å². The van der Waals surface area contributed by atoms with E-state index in [1.54, 1.807) is 29.0 Å². The zero-order valence-electron chi connectivity index (χ0n) is 12.1.